The van der Waals surface area contributed by atoms with Crippen molar-refractivity contribution >= 4 is 0 Å². The minimum absolute atomic E-state index is 0.552. The van der Waals surface area contributed by atoms with Gasteiger partial charge in [0.25, 0.3) is 0 Å². The van der Waals surface area contributed by atoms with Crippen LogP contribution < -0.4 is 4.74 Å². The number of morpholine rings is 1. The summed E-state index contributed by atoms with van der Waals surface area (Å²) in [7, 11) is 1.69. The minimum Gasteiger partial charge on any atom is -0.496 e. The van der Waals surface area contributed by atoms with E-state index in [2.05, 4.69) is 17.9 Å². The number of methoxy groups -OCH3 is 1. The van der Waals surface area contributed by atoms with Gasteiger partial charge in [0, 0.05) is 25.2 Å². The van der Waals surface area contributed by atoms with Crippen LogP contribution in [0.5, 0.6) is 5.75 Å². The molecule has 0 bridgehead atoms. The molecule has 0 radical (unpaired) electrons. The predicted molar refractivity (Wildman–Crippen MR) is 85.5 cm³/mol. The Morgan fingerprint density at radius 3 is 2.64 bits per heavy atom. The molecule has 1 aromatic rings. The summed E-state index contributed by atoms with van der Waals surface area (Å²) in [6.07, 6.45) is 0. The van der Waals surface area contributed by atoms with Crippen LogP contribution in [0.25, 0.3) is 0 Å². The van der Waals surface area contributed by atoms with E-state index in [1.165, 1.54) is 5.56 Å². The highest BCUT2D eigenvalue weighted by Gasteiger charge is 2.09. The number of nitrogens with zero attached hydrogens (tertiary/aromatic N) is 1. The van der Waals surface area contributed by atoms with E-state index in [-0.39, 0.29) is 0 Å². The Bertz CT molecular complexity index is 433. The molecule has 0 N–H and O–H groups in total. The van der Waals surface area contributed by atoms with Crippen molar-refractivity contribution in [2.75, 3.05) is 59.8 Å². The largest absolute Gasteiger partial charge is 0.496 e. The van der Waals surface area contributed by atoms with Crippen molar-refractivity contribution in [1.29, 1.82) is 0 Å². The van der Waals surface area contributed by atoms with E-state index in [4.69, 9.17) is 18.9 Å². The van der Waals surface area contributed by atoms with Gasteiger partial charge in [-0.25, -0.2) is 0 Å². The van der Waals surface area contributed by atoms with Crippen molar-refractivity contribution in [2.45, 2.75) is 13.5 Å². The molecule has 0 saturated carbocycles. The third-order valence-corrected chi connectivity index (χ3v) is 3.73. The normalized spacial score (nSPS) is 15.9. The molecule has 124 valence electrons. The zero-order valence-electron chi connectivity index (χ0n) is 13.7. The molecule has 1 aliphatic rings. The van der Waals surface area contributed by atoms with E-state index in [1.807, 2.05) is 12.1 Å². The second-order valence-corrected chi connectivity index (χ2v) is 5.43. The zero-order valence-corrected chi connectivity index (χ0v) is 13.7. The molecule has 0 aliphatic carbocycles. The van der Waals surface area contributed by atoms with Gasteiger partial charge in [-0.3, -0.25) is 4.90 Å². The van der Waals surface area contributed by atoms with Crippen LogP contribution in [0.15, 0.2) is 18.2 Å². The molecule has 0 unspecified atom stereocenters. The minimum atomic E-state index is 0.552. The topological polar surface area (TPSA) is 40.2 Å². The number of hydrogen-bond donors (Lipinski definition) is 0. The van der Waals surface area contributed by atoms with Crippen LogP contribution in [0.1, 0.15) is 11.1 Å². The molecule has 1 saturated heterocycles. The summed E-state index contributed by atoms with van der Waals surface area (Å²) in [5, 5.41) is 0. The predicted octanol–water partition coefficient (Wildman–Crippen LogP) is 1.87. The lowest BCUT2D eigenvalue weighted by Crippen LogP contribution is -2.38. The van der Waals surface area contributed by atoms with Gasteiger partial charge in [-0.15, -0.1) is 0 Å². The molecular weight excluding hydrogens is 282 g/mol. The Balaban J connectivity index is 1.54. The third kappa shape index (κ3) is 5.93. The number of rotatable bonds is 9. The molecule has 22 heavy (non-hydrogen) atoms. The SMILES string of the molecule is COc1cc(C)ccc1COCCOCCN1CCOCC1. The van der Waals surface area contributed by atoms with Gasteiger partial charge in [0.2, 0.25) is 0 Å². The lowest BCUT2D eigenvalue weighted by Gasteiger charge is -2.26. The van der Waals surface area contributed by atoms with E-state index in [0.29, 0.717) is 19.8 Å². The number of ether oxygens (including phenoxy) is 4. The maximum atomic E-state index is 5.66. The fraction of sp³-hybridized carbons (Fsp3) is 0.647. The fourth-order valence-electron chi connectivity index (χ4n) is 2.39. The van der Waals surface area contributed by atoms with Gasteiger partial charge >= 0.3 is 0 Å². The fourth-order valence-corrected chi connectivity index (χ4v) is 2.39. The van der Waals surface area contributed by atoms with E-state index >= 15 is 0 Å². The van der Waals surface area contributed by atoms with Gasteiger partial charge < -0.3 is 18.9 Å². The molecule has 5 heteroatoms. The van der Waals surface area contributed by atoms with Crippen molar-refractivity contribution < 1.29 is 18.9 Å². The maximum Gasteiger partial charge on any atom is 0.124 e. The van der Waals surface area contributed by atoms with Crippen molar-refractivity contribution in [3.8, 4) is 5.75 Å². The standard InChI is InChI=1S/C17H27NO4/c1-15-3-4-16(17(13-15)19-2)14-22-12-11-21-10-7-18-5-8-20-9-6-18/h3-4,13H,5-12,14H2,1-2H3. The van der Waals surface area contributed by atoms with Crippen LogP contribution in [-0.4, -0.2) is 64.7 Å². The summed E-state index contributed by atoms with van der Waals surface area (Å²) >= 11 is 0. The molecule has 2 rings (SSSR count). The molecule has 0 spiro atoms. The first-order valence-electron chi connectivity index (χ1n) is 7.88. The molecule has 1 aliphatic heterocycles. The van der Waals surface area contributed by atoms with Gasteiger partial charge in [-0.05, 0) is 18.6 Å². The smallest absolute Gasteiger partial charge is 0.124 e. The quantitative estimate of drug-likeness (QED) is 0.651. The molecule has 1 fully saturated rings. The van der Waals surface area contributed by atoms with Crippen LogP contribution in [0.2, 0.25) is 0 Å². The highest BCUT2D eigenvalue weighted by Crippen LogP contribution is 2.20. The first-order chi connectivity index (χ1) is 10.8. The number of hydrogen-bond acceptors (Lipinski definition) is 5. The van der Waals surface area contributed by atoms with Gasteiger partial charge in [-0.1, -0.05) is 12.1 Å². The van der Waals surface area contributed by atoms with Crippen molar-refractivity contribution in [2.24, 2.45) is 0 Å². The average molecular weight is 309 g/mol. The van der Waals surface area contributed by atoms with Crippen molar-refractivity contribution in [3.05, 3.63) is 29.3 Å². The van der Waals surface area contributed by atoms with E-state index in [0.717, 1.165) is 50.8 Å². The Morgan fingerprint density at radius 1 is 1.09 bits per heavy atom. The van der Waals surface area contributed by atoms with Crippen LogP contribution in [-0.2, 0) is 20.8 Å². The van der Waals surface area contributed by atoms with Crippen molar-refractivity contribution in [1.82, 2.24) is 4.90 Å². The molecule has 1 aromatic carbocycles. The van der Waals surface area contributed by atoms with Gasteiger partial charge in [0.15, 0.2) is 0 Å². The summed E-state index contributed by atoms with van der Waals surface area (Å²) in [4.78, 5) is 2.36. The van der Waals surface area contributed by atoms with Gasteiger partial charge in [-0.2, -0.15) is 0 Å². The highest BCUT2D eigenvalue weighted by molar-refractivity contribution is 5.36. The molecule has 0 atom stereocenters. The Hall–Kier alpha value is -1.14. The average Bonchev–Trinajstić information content (AvgIpc) is 2.56. The summed E-state index contributed by atoms with van der Waals surface area (Å²) in [5.74, 6) is 0.883. The first kappa shape index (κ1) is 17.2. The first-order valence-corrected chi connectivity index (χ1v) is 7.88. The highest BCUT2D eigenvalue weighted by atomic mass is 16.5. The van der Waals surface area contributed by atoms with Crippen LogP contribution in [0.4, 0.5) is 0 Å². The van der Waals surface area contributed by atoms with E-state index in [1.54, 1.807) is 7.11 Å². The molecular formula is C17H27NO4. The Kier molecular flexibility index (Phi) is 7.66. The van der Waals surface area contributed by atoms with Crippen LogP contribution in [0.3, 0.4) is 0 Å². The summed E-state index contributed by atoms with van der Waals surface area (Å²) < 4.78 is 21.9. The molecule has 0 aromatic heterocycles. The van der Waals surface area contributed by atoms with Crippen LogP contribution >= 0.6 is 0 Å². The Labute approximate surface area is 133 Å². The maximum absolute atomic E-state index is 5.66. The van der Waals surface area contributed by atoms with Crippen molar-refractivity contribution in [3.63, 3.8) is 0 Å². The third-order valence-electron chi connectivity index (χ3n) is 3.73. The Morgan fingerprint density at radius 2 is 1.86 bits per heavy atom. The second-order valence-electron chi connectivity index (χ2n) is 5.43. The van der Waals surface area contributed by atoms with Crippen LogP contribution in [0, 0.1) is 6.92 Å². The van der Waals surface area contributed by atoms with Gasteiger partial charge in [0.05, 0.1) is 46.8 Å². The van der Waals surface area contributed by atoms with E-state index in [9.17, 15) is 0 Å². The second kappa shape index (κ2) is 9.79. The summed E-state index contributed by atoms with van der Waals surface area (Å²) in [5.41, 5.74) is 2.26. The lowest BCUT2D eigenvalue weighted by atomic mass is 10.1. The number of aryl methyl sites for hydroxylation is 1. The summed E-state index contributed by atoms with van der Waals surface area (Å²) in [6.45, 7) is 9.22. The summed E-state index contributed by atoms with van der Waals surface area (Å²) in [6, 6.07) is 6.14. The molecule has 1 heterocycles. The molecule has 5 nitrogen and oxygen atoms in total. The lowest BCUT2D eigenvalue weighted by molar-refractivity contribution is 0.00568. The number of benzene rings is 1. The van der Waals surface area contributed by atoms with E-state index < -0.39 is 0 Å². The van der Waals surface area contributed by atoms with Gasteiger partial charge in [0.1, 0.15) is 5.75 Å². The zero-order chi connectivity index (χ0) is 15.6. The molecule has 0 amide bonds. The monoisotopic (exact) mass is 309 g/mol.